The molecule has 0 unspecified atom stereocenters. The predicted molar refractivity (Wildman–Crippen MR) is 139 cm³/mol. The van der Waals surface area contributed by atoms with Crippen molar-refractivity contribution in [2.45, 2.75) is 91.3 Å². The molecular formula is C28H35ClO8. The molecule has 2 N–H and O–H groups in total. The Bertz CT molecular complexity index is 1130. The highest BCUT2D eigenvalue weighted by molar-refractivity contribution is 6.33. The topological polar surface area (TPSA) is 127 Å². The van der Waals surface area contributed by atoms with E-state index in [1.807, 2.05) is 26.0 Å². The third kappa shape index (κ3) is 8.01. The number of phenolic OH excluding ortho intramolecular Hbond substituents is 1. The molecule has 37 heavy (non-hydrogen) atoms. The number of hydrogen-bond donors (Lipinski definition) is 2. The number of Topliss-reactive ketones (excluding diaryl/α,β-unsaturated/α-hetero) is 1. The maximum absolute atomic E-state index is 12.3. The fraction of sp³-hybridized carbons (Fsp3) is 0.500. The van der Waals surface area contributed by atoms with Gasteiger partial charge in [-0.3, -0.25) is 19.2 Å². The lowest BCUT2D eigenvalue weighted by molar-refractivity contribution is -0.137. The highest BCUT2D eigenvalue weighted by Crippen LogP contribution is 2.41. The lowest BCUT2D eigenvalue weighted by atomic mass is 9.98. The van der Waals surface area contributed by atoms with Crippen LogP contribution in [-0.4, -0.2) is 45.9 Å². The van der Waals surface area contributed by atoms with E-state index in [0.717, 1.165) is 11.1 Å². The fourth-order valence-corrected chi connectivity index (χ4v) is 4.28. The van der Waals surface area contributed by atoms with Gasteiger partial charge in [0.2, 0.25) is 0 Å². The second kappa shape index (κ2) is 13.0. The minimum Gasteiger partial charge on any atom is -0.507 e. The van der Waals surface area contributed by atoms with Gasteiger partial charge in [0.15, 0.2) is 17.8 Å². The van der Waals surface area contributed by atoms with Crippen molar-refractivity contribution >= 4 is 35.6 Å². The van der Waals surface area contributed by atoms with Gasteiger partial charge in [0.1, 0.15) is 11.4 Å². The number of phenols is 1. The molecule has 9 heteroatoms. The van der Waals surface area contributed by atoms with Crippen LogP contribution in [0.3, 0.4) is 0 Å². The van der Waals surface area contributed by atoms with Gasteiger partial charge in [-0.1, -0.05) is 29.3 Å². The highest BCUT2D eigenvalue weighted by Gasteiger charge is 2.40. The zero-order valence-electron chi connectivity index (χ0n) is 22.0. The Balaban J connectivity index is 2.15. The van der Waals surface area contributed by atoms with E-state index in [2.05, 4.69) is 0 Å². The van der Waals surface area contributed by atoms with Gasteiger partial charge in [-0.2, -0.15) is 0 Å². The molecular weight excluding hydrogens is 500 g/mol. The Morgan fingerprint density at radius 3 is 2.43 bits per heavy atom. The van der Waals surface area contributed by atoms with Crippen molar-refractivity contribution in [2.75, 3.05) is 0 Å². The summed E-state index contributed by atoms with van der Waals surface area (Å²) in [6.45, 7) is 8.96. The van der Waals surface area contributed by atoms with E-state index in [1.165, 1.54) is 6.92 Å². The molecule has 202 valence electrons. The number of carbonyl (C=O) groups excluding carboxylic acids is 3. The second-order valence-corrected chi connectivity index (χ2v) is 10.2. The van der Waals surface area contributed by atoms with Crippen LogP contribution in [0.1, 0.15) is 87.7 Å². The van der Waals surface area contributed by atoms with Crippen molar-refractivity contribution in [2.24, 2.45) is 0 Å². The summed E-state index contributed by atoms with van der Waals surface area (Å²) in [6.07, 6.45) is 5.93. The molecule has 0 aromatic heterocycles. The van der Waals surface area contributed by atoms with Crippen LogP contribution in [-0.2, 0) is 25.5 Å². The van der Waals surface area contributed by atoms with Crippen LogP contribution >= 0.6 is 11.6 Å². The predicted octanol–water partition coefficient (Wildman–Crippen LogP) is 5.68. The van der Waals surface area contributed by atoms with Gasteiger partial charge >= 0.3 is 11.9 Å². The minimum absolute atomic E-state index is 0.0179. The van der Waals surface area contributed by atoms with Crippen molar-refractivity contribution in [3.8, 4) is 11.5 Å². The van der Waals surface area contributed by atoms with Crippen LogP contribution in [0.2, 0.25) is 5.02 Å². The smallest absolute Gasteiger partial charge is 0.311 e. The number of rotatable bonds is 12. The summed E-state index contributed by atoms with van der Waals surface area (Å²) in [5.74, 6) is -1.96. The van der Waals surface area contributed by atoms with Crippen molar-refractivity contribution in [1.82, 2.24) is 0 Å². The van der Waals surface area contributed by atoms with Crippen LogP contribution in [0.4, 0.5) is 0 Å². The molecule has 8 nitrogen and oxygen atoms in total. The monoisotopic (exact) mass is 534 g/mol. The van der Waals surface area contributed by atoms with Gasteiger partial charge in [-0.05, 0) is 71.4 Å². The number of halogens is 1. The number of aliphatic carboxylic acids is 1. The fourth-order valence-electron chi connectivity index (χ4n) is 4.03. The van der Waals surface area contributed by atoms with Gasteiger partial charge in [0, 0.05) is 24.8 Å². The number of aldehydes is 1. The van der Waals surface area contributed by atoms with Crippen LogP contribution < -0.4 is 4.74 Å². The molecule has 0 saturated carbocycles. The lowest BCUT2D eigenvalue weighted by Crippen LogP contribution is -2.27. The van der Waals surface area contributed by atoms with Gasteiger partial charge in [0.05, 0.1) is 16.7 Å². The number of carbonyl (C=O) groups is 4. The molecule has 1 fully saturated rings. The van der Waals surface area contributed by atoms with Crippen molar-refractivity contribution < 1.29 is 38.9 Å². The Morgan fingerprint density at radius 1 is 1.19 bits per heavy atom. The van der Waals surface area contributed by atoms with E-state index < -0.39 is 17.5 Å². The molecule has 0 amide bonds. The normalized spacial score (nSPS) is 17.7. The SMILES string of the molecule is C/C(=C\Cc1c(O)c(C=O)c(C)c(Cl)c1OC(=O)CCCC(=O)O)CC/C=C(\C)[C@@H]1CC(=O)C(C)(C)O1. The Hall–Kier alpha value is -2.97. The quantitative estimate of drug-likeness (QED) is 0.152. The van der Waals surface area contributed by atoms with E-state index in [0.29, 0.717) is 25.5 Å². The molecule has 2 rings (SSSR count). The molecule has 0 radical (unpaired) electrons. The number of carboxylic acid groups (broad SMARTS) is 1. The number of ether oxygens (including phenoxy) is 2. The summed E-state index contributed by atoms with van der Waals surface area (Å²) in [7, 11) is 0. The van der Waals surface area contributed by atoms with Gasteiger partial charge < -0.3 is 19.7 Å². The number of esters is 1. The van der Waals surface area contributed by atoms with E-state index in [9.17, 15) is 24.3 Å². The molecule has 1 aromatic carbocycles. The Kier molecular flexibility index (Phi) is 10.6. The summed E-state index contributed by atoms with van der Waals surface area (Å²) >= 11 is 6.40. The molecule has 1 saturated heterocycles. The molecule has 1 atom stereocenters. The number of hydrogen-bond acceptors (Lipinski definition) is 7. The highest BCUT2D eigenvalue weighted by atomic mass is 35.5. The van der Waals surface area contributed by atoms with Crippen molar-refractivity contribution in [3.63, 3.8) is 0 Å². The second-order valence-electron chi connectivity index (χ2n) is 9.83. The first-order valence-electron chi connectivity index (χ1n) is 12.2. The third-order valence-electron chi connectivity index (χ3n) is 6.50. The summed E-state index contributed by atoms with van der Waals surface area (Å²) in [4.78, 5) is 46.6. The van der Waals surface area contributed by atoms with Gasteiger partial charge in [0.25, 0.3) is 0 Å². The molecule has 1 aliphatic rings. The molecule has 1 aliphatic heterocycles. The van der Waals surface area contributed by atoms with E-state index in [-0.39, 0.29) is 70.8 Å². The summed E-state index contributed by atoms with van der Waals surface area (Å²) in [5.41, 5.74) is 1.74. The number of carboxylic acids is 1. The largest absolute Gasteiger partial charge is 0.507 e. The van der Waals surface area contributed by atoms with E-state index in [1.54, 1.807) is 13.8 Å². The molecule has 0 spiro atoms. The molecule has 1 aromatic rings. The maximum Gasteiger partial charge on any atom is 0.311 e. The first-order valence-corrected chi connectivity index (χ1v) is 12.6. The zero-order chi connectivity index (χ0) is 27.9. The van der Waals surface area contributed by atoms with Crippen LogP contribution in [0.15, 0.2) is 23.3 Å². The minimum atomic E-state index is -1.02. The molecule has 0 bridgehead atoms. The van der Waals surface area contributed by atoms with Crippen LogP contribution in [0.5, 0.6) is 11.5 Å². The van der Waals surface area contributed by atoms with Gasteiger partial charge in [-0.15, -0.1) is 0 Å². The first-order chi connectivity index (χ1) is 17.3. The number of allylic oxidation sites excluding steroid dienone is 3. The third-order valence-corrected chi connectivity index (χ3v) is 6.95. The summed E-state index contributed by atoms with van der Waals surface area (Å²) < 4.78 is 11.3. The van der Waals surface area contributed by atoms with E-state index >= 15 is 0 Å². The number of benzene rings is 1. The average Bonchev–Trinajstić information content (AvgIpc) is 3.09. The van der Waals surface area contributed by atoms with Crippen LogP contribution in [0, 0.1) is 6.92 Å². The average molecular weight is 535 g/mol. The zero-order valence-corrected chi connectivity index (χ0v) is 22.7. The standard InChI is InChI=1S/C28H35ClO8/c1-16(8-6-9-17(2)21-14-22(31)28(4,5)37-21)12-13-19-26(35)20(15-30)18(3)25(29)27(19)36-24(34)11-7-10-23(32)33/h9,12,15,21,35H,6-8,10-11,13-14H2,1-5H3,(H,32,33)/b16-12+,17-9+/t21-/m0/s1. The van der Waals surface area contributed by atoms with Crippen LogP contribution in [0.25, 0.3) is 0 Å². The maximum atomic E-state index is 12.3. The first kappa shape index (κ1) is 30.3. The Labute approximate surface area is 222 Å². The van der Waals surface area contributed by atoms with Gasteiger partial charge in [-0.25, -0.2) is 0 Å². The lowest BCUT2D eigenvalue weighted by Gasteiger charge is -2.18. The molecule has 0 aliphatic carbocycles. The Morgan fingerprint density at radius 2 is 1.86 bits per heavy atom. The number of aromatic hydroxyl groups is 1. The summed E-state index contributed by atoms with van der Waals surface area (Å²) in [6, 6.07) is 0. The van der Waals surface area contributed by atoms with E-state index in [4.69, 9.17) is 26.2 Å². The van der Waals surface area contributed by atoms with Crippen molar-refractivity contribution in [1.29, 1.82) is 0 Å². The summed E-state index contributed by atoms with van der Waals surface area (Å²) in [5, 5.41) is 19.6. The molecule has 1 heterocycles. The van der Waals surface area contributed by atoms with Crippen molar-refractivity contribution in [3.05, 3.63) is 45.0 Å². The number of ketones is 1.